The zero-order valence-electron chi connectivity index (χ0n) is 9.62. The Labute approximate surface area is 93.4 Å². The molecular weight excluding hydrogens is 211 g/mol. The molecule has 0 aliphatic rings. The highest BCUT2D eigenvalue weighted by Gasteiger charge is 2.12. The molecule has 0 bridgehead atoms. The van der Waals surface area contributed by atoms with Crippen LogP contribution in [0, 0.1) is 0 Å². The maximum atomic E-state index is 11.6. The first-order valence-corrected chi connectivity index (χ1v) is 4.94. The van der Waals surface area contributed by atoms with Crippen LogP contribution in [0.15, 0.2) is 23.3 Å². The van der Waals surface area contributed by atoms with E-state index in [0.717, 1.165) is 6.26 Å². The van der Waals surface area contributed by atoms with Crippen molar-refractivity contribution in [2.24, 2.45) is 0 Å². The minimum absolute atomic E-state index is 0.0584. The molecule has 0 saturated heterocycles. The smallest absolute Gasteiger partial charge is 0.383 e. The molecule has 1 rings (SSSR count). The van der Waals surface area contributed by atoms with Gasteiger partial charge >= 0.3 is 5.97 Å². The van der Waals surface area contributed by atoms with Crippen molar-refractivity contribution in [1.29, 1.82) is 0 Å². The number of halogens is 1. The van der Waals surface area contributed by atoms with Crippen LogP contribution in [0.4, 0.5) is 4.53 Å². The Morgan fingerprint density at radius 3 is 2.62 bits per heavy atom. The number of carbonyl (C=O) groups is 1. The number of hydrogen-bond donors (Lipinski definition) is 0. The molecule has 0 saturated carbocycles. The van der Waals surface area contributed by atoms with E-state index < -0.39 is 5.97 Å². The summed E-state index contributed by atoms with van der Waals surface area (Å²) in [6.45, 7) is 9.19. The Morgan fingerprint density at radius 1 is 1.56 bits per heavy atom. The van der Waals surface area contributed by atoms with Crippen molar-refractivity contribution in [2.75, 3.05) is 0 Å². The summed E-state index contributed by atoms with van der Waals surface area (Å²) in [5.74, 6) is -1.06. The summed E-state index contributed by atoms with van der Waals surface area (Å²) >= 11 is 0. The van der Waals surface area contributed by atoms with Crippen molar-refractivity contribution >= 4 is 18.1 Å². The number of carbonyl (C=O) groups excluding carboxylic acids is 1. The summed E-state index contributed by atoms with van der Waals surface area (Å²) in [7, 11) is 0. The molecule has 4 heteroatoms. The number of furan rings is 1. The number of hydrogen-bond acceptors (Lipinski definition) is 3. The van der Waals surface area contributed by atoms with Gasteiger partial charge in [-0.1, -0.05) is 32.6 Å². The molecule has 0 unspecified atom stereocenters. The molecule has 88 valence electrons. The first-order chi connectivity index (χ1) is 7.74. The van der Waals surface area contributed by atoms with Gasteiger partial charge in [-0.2, -0.15) is 0 Å². The third-order valence-electron chi connectivity index (χ3n) is 1.71. The fourth-order valence-electron chi connectivity index (χ4n) is 1.12. The van der Waals surface area contributed by atoms with Gasteiger partial charge in [-0.15, -0.1) is 0 Å². The van der Waals surface area contributed by atoms with Crippen LogP contribution in [0.25, 0.3) is 12.2 Å². The maximum absolute atomic E-state index is 11.6. The Kier molecular flexibility index (Phi) is 6.59. The molecule has 0 amide bonds. The molecule has 1 aromatic heterocycles. The summed E-state index contributed by atoms with van der Waals surface area (Å²) in [4.78, 5) is 14.0. The molecule has 3 nitrogen and oxygen atoms in total. The second-order valence-corrected chi connectivity index (χ2v) is 2.48. The molecular formula is C12H15FO3. The van der Waals surface area contributed by atoms with Gasteiger partial charge in [-0.25, -0.2) is 9.74 Å². The third kappa shape index (κ3) is 3.08. The highest BCUT2D eigenvalue weighted by atomic mass is 19.3. The lowest BCUT2D eigenvalue weighted by Crippen LogP contribution is -2.24. The van der Waals surface area contributed by atoms with Gasteiger partial charge in [0.2, 0.25) is 0 Å². The van der Waals surface area contributed by atoms with Crippen LogP contribution in [0.3, 0.4) is 0 Å². The van der Waals surface area contributed by atoms with E-state index in [9.17, 15) is 9.32 Å². The summed E-state index contributed by atoms with van der Waals surface area (Å²) in [5.41, 5.74) is 0.506. The number of rotatable bonds is 2. The van der Waals surface area contributed by atoms with E-state index in [0.29, 0.717) is 10.6 Å². The monoisotopic (exact) mass is 226 g/mol. The topological polar surface area (TPSA) is 39.4 Å². The van der Waals surface area contributed by atoms with E-state index in [1.54, 1.807) is 19.1 Å². The Hall–Kier alpha value is -1.84. The highest BCUT2D eigenvalue weighted by Crippen LogP contribution is 1.94. The predicted octanol–water partition coefficient (Wildman–Crippen LogP) is 2.11. The molecule has 0 radical (unpaired) electrons. The summed E-state index contributed by atoms with van der Waals surface area (Å²) in [6, 6.07) is 0. The summed E-state index contributed by atoms with van der Waals surface area (Å²) in [5, 5.41) is 0.493. The summed E-state index contributed by atoms with van der Waals surface area (Å²) in [6.07, 6.45) is 5.86. The average Bonchev–Trinajstić information content (AvgIpc) is 2.74. The van der Waals surface area contributed by atoms with Crippen molar-refractivity contribution in [3.05, 3.63) is 35.1 Å². The second-order valence-electron chi connectivity index (χ2n) is 2.48. The normalized spacial score (nSPS) is 11.8. The van der Waals surface area contributed by atoms with Crippen molar-refractivity contribution < 1.29 is 18.7 Å². The Bertz CT molecular complexity index is 457. The lowest BCUT2D eigenvalue weighted by molar-refractivity contribution is -0.0789. The van der Waals surface area contributed by atoms with Crippen LogP contribution < -0.4 is 10.6 Å². The Balaban J connectivity index is 0.00000106. The van der Waals surface area contributed by atoms with Crippen molar-refractivity contribution in [2.45, 2.75) is 20.8 Å². The minimum atomic E-state index is -1.06. The van der Waals surface area contributed by atoms with Crippen LogP contribution in [0.5, 0.6) is 0 Å². The Morgan fingerprint density at radius 2 is 2.19 bits per heavy atom. The first-order valence-electron chi connectivity index (χ1n) is 4.94. The predicted molar refractivity (Wildman–Crippen MR) is 60.6 cm³/mol. The fourth-order valence-corrected chi connectivity index (χ4v) is 1.12. The van der Waals surface area contributed by atoms with Gasteiger partial charge in [0.1, 0.15) is 17.2 Å². The van der Waals surface area contributed by atoms with E-state index in [-0.39, 0.29) is 5.56 Å². The maximum Gasteiger partial charge on any atom is 0.383 e. The van der Waals surface area contributed by atoms with Crippen molar-refractivity contribution in [1.82, 2.24) is 0 Å². The lowest BCUT2D eigenvalue weighted by Gasteiger charge is -1.86. The van der Waals surface area contributed by atoms with E-state index in [4.69, 9.17) is 4.42 Å². The van der Waals surface area contributed by atoms with E-state index in [1.165, 1.54) is 6.08 Å². The first kappa shape index (κ1) is 14.2. The van der Waals surface area contributed by atoms with E-state index >= 15 is 0 Å². The van der Waals surface area contributed by atoms with Crippen LogP contribution in [-0.2, 0) is 4.94 Å². The molecule has 0 aliphatic heterocycles. The van der Waals surface area contributed by atoms with Crippen LogP contribution in [-0.4, -0.2) is 5.97 Å². The fraction of sp³-hybridized carbons (Fsp3) is 0.250. The third-order valence-corrected chi connectivity index (χ3v) is 1.71. The zero-order valence-corrected chi connectivity index (χ0v) is 9.62. The average molecular weight is 226 g/mol. The zero-order chi connectivity index (χ0) is 12.6. The lowest BCUT2D eigenvalue weighted by atomic mass is 10.2. The second kappa shape index (κ2) is 7.45. The summed E-state index contributed by atoms with van der Waals surface area (Å²) < 4.78 is 16.7. The van der Waals surface area contributed by atoms with Gasteiger partial charge in [-0.05, 0) is 13.0 Å². The van der Waals surface area contributed by atoms with Crippen molar-refractivity contribution in [3.63, 3.8) is 0 Å². The molecule has 0 fully saturated rings. The molecule has 16 heavy (non-hydrogen) atoms. The molecule has 0 spiro atoms. The van der Waals surface area contributed by atoms with Crippen LogP contribution >= 0.6 is 0 Å². The number of allylic oxidation sites excluding steroid dienone is 1. The quantitative estimate of drug-likeness (QED) is 0.775. The van der Waals surface area contributed by atoms with Gasteiger partial charge in [0.25, 0.3) is 0 Å². The van der Waals surface area contributed by atoms with Crippen LogP contribution in [0.2, 0.25) is 0 Å². The van der Waals surface area contributed by atoms with Gasteiger partial charge in [0, 0.05) is 9.74 Å². The minimum Gasteiger partial charge on any atom is -0.463 e. The van der Waals surface area contributed by atoms with Gasteiger partial charge in [0.15, 0.2) is 0 Å². The van der Waals surface area contributed by atoms with Gasteiger partial charge < -0.3 is 4.42 Å². The SMILES string of the molecule is C=C/C=c1/occ(C(=O)OF)/c1=C/C.CC. The van der Waals surface area contributed by atoms with Crippen LogP contribution in [0.1, 0.15) is 31.1 Å². The van der Waals surface area contributed by atoms with E-state index in [1.807, 2.05) is 13.8 Å². The van der Waals surface area contributed by atoms with Gasteiger partial charge in [0.05, 0.1) is 0 Å². The molecule has 0 atom stereocenters. The molecule has 0 aromatic carbocycles. The molecule has 0 N–H and O–H groups in total. The molecule has 1 aromatic rings. The largest absolute Gasteiger partial charge is 0.463 e. The van der Waals surface area contributed by atoms with Gasteiger partial charge in [-0.3, -0.25) is 0 Å². The molecule has 0 aliphatic carbocycles. The van der Waals surface area contributed by atoms with Crippen molar-refractivity contribution in [3.8, 4) is 0 Å². The highest BCUT2D eigenvalue weighted by molar-refractivity contribution is 5.89. The van der Waals surface area contributed by atoms with E-state index in [2.05, 4.69) is 11.5 Å². The molecule has 1 heterocycles. The standard InChI is InChI=1S/C10H9FO3.C2H6/c1-3-5-9-7(4-2)8(6-13-9)10(12)14-11;1-2/h3-6H,1H2,2H3;1-2H3/b7-4-,9-5+;.